The van der Waals surface area contributed by atoms with Crippen LogP contribution in [0.25, 0.3) is 10.8 Å². The van der Waals surface area contributed by atoms with E-state index in [1.54, 1.807) is 6.20 Å². The van der Waals surface area contributed by atoms with Crippen LogP contribution in [-0.2, 0) is 0 Å². The first-order chi connectivity index (χ1) is 5.36. The molecule has 0 unspecified atom stereocenters. The van der Waals surface area contributed by atoms with Crippen LogP contribution < -0.4 is 5.46 Å². The van der Waals surface area contributed by atoms with Crippen LogP contribution in [0.5, 0.6) is 0 Å². The maximum Gasteiger partial charge on any atom is 0.113 e. The van der Waals surface area contributed by atoms with E-state index in [2.05, 4.69) is 4.98 Å². The van der Waals surface area contributed by atoms with Gasteiger partial charge >= 0.3 is 0 Å². The molecule has 0 aliphatic rings. The predicted octanol–water partition coefficient (Wildman–Crippen LogP) is 1.03. The van der Waals surface area contributed by atoms with Crippen molar-refractivity contribution >= 4 is 24.1 Å². The fraction of sp³-hybridized carbons (Fsp3) is 0. The molecule has 2 rings (SSSR count). The average Bonchev–Trinajstić information content (AvgIpc) is 2.04. The molecule has 0 fully saturated rings. The Hall–Kier alpha value is -1.31. The highest BCUT2D eigenvalue weighted by atomic mass is 14.6. The summed E-state index contributed by atoms with van der Waals surface area (Å²) in [6.45, 7) is 0. The van der Waals surface area contributed by atoms with E-state index in [9.17, 15) is 0 Å². The van der Waals surface area contributed by atoms with E-state index in [1.807, 2.05) is 30.5 Å². The van der Waals surface area contributed by atoms with Crippen LogP contribution in [0.15, 0.2) is 36.7 Å². The van der Waals surface area contributed by atoms with Crippen molar-refractivity contribution < 1.29 is 0 Å². The third-order valence-corrected chi connectivity index (χ3v) is 1.66. The zero-order valence-electron chi connectivity index (χ0n) is 5.99. The number of hydrogen-bond donors (Lipinski definition) is 0. The van der Waals surface area contributed by atoms with Crippen molar-refractivity contribution in [3.63, 3.8) is 0 Å². The number of rotatable bonds is 0. The predicted molar refractivity (Wildman–Crippen MR) is 47.1 cm³/mol. The Balaban J connectivity index is 2.83. The van der Waals surface area contributed by atoms with Crippen molar-refractivity contribution in [3.8, 4) is 0 Å². The van der Waals surface area contributed by atoms with Gasteiger partial charge in [0.15, 0.2) is 0 Å². The molecule has 1 heterocycles. The number of hydrogen-bond acceptors (Lipinski definition) is 1. The summed E-state index contributed by atoms with van der Waals surface area (Å²) in [5.74, 6) is 0. The minimum absolute atomic E-state index is 0.783. The topological polar surface area (TPSA) is 12.9 Å². The number of pyridine rings is 1. The molecular formula is C9H6BN. The summed E-state index contributed by atoms with van der Waals surface area (Å²) in [5.41, 5.74) is 0.783. The molecule has 2 heteroatoms. The first kappa shape index (κ1) is 6.41. The number of fused-ring (bicyclic) bond motifs is 1. The zero-order valence-corrected chi connectivity index (χ0v) is 5.99. The van der Waals surface area contributed by atoms with Crippen molar-refractivity contribution in [1.82, 2.24) is 4.98 Å². The molecule has 0 amide bonds. The molecule has 0 N–H and O–H groups in total. The fourth-order valence-corrected chi connectivity index (χ4v) is 1.10. The van der Waals surface area contributed by atoms with Crippen LogP contribution in [-0.4, -0.2) is 12.8 Å². The molecule has 11 heavy (non-hydrogen) atoms. The van der Waals surface area contributed by atoms with Gasteiger partial charge in [-0.3, -0.25) is 4.98 Å². The summed E-state index contributed by atoms with van der Waals surface area (Å²) in [6.07, 6.45) is 3.59. The lowest BCUT2D eigenvalue weighted by Gasteiger charge is -1.96. The van der Waals surface area contributed by atoms with Crippen LogP contribution in [0.3, 0.4) is 0 Å². The van der Waals surface area contributed by atoms with E-state index in [1.165, 1.54) is 5.39 Å². The summed E-state index contributed by atoms with van der Waals surface area (Å²) >= 11 is 0. The van der Waals surface area contributed by atoms with Crippen molar-refractivity contribution in [2.24, 2.45) is 0 Å². The van der Waals surface area contributed by atoms with Gasteiger partial charge in [0.1, 0.15) is 7.85 Å². The molecule has 0 bridgehead atoms. The van der Waals surface area contributed by atoms with Gasteiger partial charge in [0.2, 0.25) is 0 Å². The Labute approximate surface area is 66.5 Å². The quantitative estimate of drug-likeness (QED) is 0.496. The molecule has 0 aliphatic carbocycles. The SMILES string of the molecule is [B]c1ccc2ccncc2c1. The van der Waals surface area contributed by atoms with Gasteiger partial charge in [0.25, 0.3) is 0 Å². The lowest BCUT2D eigenvalue weighted by Crippen LogP contribution is -1.99. The molecule has 1 aromatic carbocycles. The van der Waals surface area contributed by atoms with Crippen molar-refractivity contribution in [2.75, 3.05) is 0 Å². The van der Waals surface area contributed by atoms with Gasteiger partial charge in [-0.15, -0.1) is 0 Å². The molecule has 0 atom stereocenters. The second-order valence-electron chi connectivity index (χ2n) is 2.48. The van der Waals surface area contributed by atoms with Gasteiger partial charge < -0.3 is 0 Å². The monoisotopic (exact) mass is 139 g/mol. The van der Waals surface area contributed by atoms with Gasteiger partial charge in [0.05, 0.1) is 0 Å². The normalized spacial score (nSPS) is 10.2. The van der Waals surface area contributed by atoms with Gasteiger partial charge in [-0.05, 0) is 16.8 Å². The third kappa shape index (κ3) is 1.12. The number of benzene rings is 1. The van der Waals surface area contributed by atoms with E-state index < -0.39 is 0 Å². The first-order valence-corrected chi connectivity index (χ1v) is 3.45. The molecule has 0 saturated heterocycles. The van der Waals surface area contributed by atoms with Crippen LogP contribution >= 0.6 is 0 Å². The molecular weight excluding hydrogens is 133 g/mol. The van der Waals surface area contributed by atoms with Crippen LogP contribution in [0, 0.1) is 0 Å². The number of aromatic nitrogens is 1. The summed E-state index contributed by atoms with van der Waals surface area (Å²) in [7, 11) is 5.60. The van der Waals surface area contributed by atoms with Gasteiger partial charge in [-0.25, -0.2) is 0 Å². The van der Waals surface area contributed by atoms with E-state index >= 15 is 0 Å². The molecule has 2 radical (unpaired) electrons. The highest BCUT2D eigenvalue weighted by Crippen LogP contribution is 2.08. The minimum Gasteiger partial charge on any atom is -0.264 e. The van der Waals surface area contributed by atoms with Crippen LogP contribution in [0.2, 0.25) is 0 Å². The van der Waals surface area contributed by atoms with E-state index in [0.717, 1.165) is 10.8 Å². The second kappa shape index (κ2) is 2.38. The summed E-state index contributed by atoms with van der Waals surface area (Å²) in [6, 6.07) is 7.77. The van der Waals surface area contributed by atoms with Gasteiger partial charge in [0, 0.05) is 12.4 Å². The Morgan fingerprint density at radius 2 is 2.00 bits per heavy atom. The van der Waals surface area contributed by atoms with E-state index in [0.29, 0.717) is 0 Å². The lowest BCUT2D eigenvalue weighted by atomic mass is 9.94. The van der Waals surface area contributed by atoms with Crippen molar-refractivity contribution in [3.05, 3.63) is 36.7 Å². The molecule has 2 aromatic rings. The molecule has 0 aliphatic heterocycles. The summed E-state index contributed by atoms with van der Waals surface area (Å²) < 4.78 is 0. The Bertz CT molecular complexity index is 384. The standard InChI is InChI=1S/C9H6BN/c10-9-2-1-7-3-4-11-6-8(7)5-9/h1-6H. The molecule has 0 saturated carbocycles. The maximum absolute atomic E-state index is 5.60. The Morgan fingerprint density at radius 3 is 2.91 bits per heavy atom. The first-order valence-electron chi connectivity index (χ1n) is 3.45. The number of nitrogens with zero attached hydrogens (tertiary/aromatic N) is 1. The van der Waals surface area contributed by atoms with Crippen LogP contribution in [0.4, 0.5) is 0 Å². The van der Waals surface area contributed by atoms with Crippen molar-refractivity contribution in [1.29, 1.82) is 0 Å². The Morgan fingerprint density at radius 1 is 1.09 bits per heavy atom. The van der Waals surface area contributed by atoms with Gasteiger partial charge in [-0.1, -0.05) is 23.7 Å². The largest absolute Gasteiger partial charge is 0.264 e. The lowest BCUT2D eigenvalue weighted by molar-refractivity contribution is 1.37. The molecule has 1 nitrogen and oxygen atoms in total. The summed E-state index contributed by atoms with van der Waals surface area (Å²) in [4.78, 5) is 4.00. The second-order valence-corrected chi connectivity index (χ2v) is 2.48. The summed E-state index contributed by atoms with van der Waals surface area (Å²) in [5, 5.41) is 2.27. The van der Waals surface area contributed by atoms with Gasteiger partial charge in [-0.2, -0.15) is 0 Å². The molecule has 0 spiro atoms. The molecule has 1 aromatic heterocycles. The van der Waals surface area contributed by atoms with E-state index in [-0.39, 0.29) is 0 Å². The highest BCUT2D eigenvalue weighted by Gasteiger charge is 1.90. The molecule has 50 valence electrons. The minimum atomic E-state index is 0.783. The highest BCUT2D eigenvalue weighted by molar-refractivity contribution is 6.33. The average molecular weight is 139 g/mol. The maximum atomic E-state index is 5.60. The van der Waals surface area contributed by atoms with E-state index in [4.69, 9.17) is 7.85 Å². The van der Waals surface area contributed by atoms with Crippen molar-refractivity contribution in [2.45, 2.75) is 0 Å². The zero-order chi connectivity index (χ0) is 7.68. The van der Waals surface area contributed by atoms with Crippen LogP contribution in [0.1, 0.15) is 0 Å². The third-order valence-electron chi connectivity index (χ3n) is 1.66. The Kier molecular flexibility index (Phi) is 1.39. The fourth-order valence-electron chi connectivity index (χ4n) is 1.10. The smallest absolute Gasteiger partial charge is 0.113 e.